The zero-order chi connectivity index (χ0) is 27.9. The summed E-state index contributed by atoms with van der Waals surface area (Å²) in [5.74, 6) is -1.77. The first kappa shape index (κ1) is 26.7. The lowest BCUT2D eigenvalue weighted by molar-refractivity contribution is -0.192. The number of nitrogens with zero attached hydrogens (tertiary/aromatic N) is 5. The monoisotopic (exact) mass is 575 g/mol. The lowest BCUT2D eigenvalue weighted by Crippen LogP contribution is -2.21. The molecule has 4 heterocycles. The molecule has 1 aliphatic rings. The molecule has 0 bridgehead atoms. The maximum Gasteiger partial charge on any atom is 0.490 e. The van der Waals surface area contributed by atoms with Gasteiger partial charge in [-0.3, -0.25) is 9.36 Å². The van der Waals surface area contributed by atoms with Crippen molar-refractivity contribution in [2.75, 3.05) is 18.0 Å². The smallest absolute Gasteiger partial charge is 0.475 e. The molecule has 1 N–H and O–H groups in total. The van der Waals surface area contributed by atoms with E-state index in [1.54, 1.807) is 10.9 Å². The van der Waals surface area contributed by atoms with Gasteiger partial charge in [0.1, 0.15) is 11.0 Å². The summed E-state index contributed by atoms with van der Waals surface area (Å²) in [4.78, 5) is 35.0. The van der Waals surface area contributed by atoms with Gasteiger partial charge in [0.2, 0.25) is 5.95 Å². The van der Waals surface area contributed by atoms with Crippen LogP contribution in [0, 0.1) is 0 Å². The number of halogens is 4. The molecule has 0 saturated carbocycles. The van der Waals surface area contributed by atoms with Crippen LogP contribution in [0.4, 0.5) is 19.1 Å². The molecule has 0 amide bonds. The lowest BCUT2D eigenvalue weighted by Gasteiger charge is -2.15. The van der Waals surface area contributed by atoms with Crippen LogP contribution in [-0.2, 0) is 11.8 Å². The minimum Gasteiger partial charge on any atom is -0.475 e. The molecule has 0 spiro atoms. The first-order valence-electron chi connectivity index (χ1n) is 11.8. The van der Waals surface area contributed by atoms with E-state index in [0.29, 0.717) is 15.2 Å². The minimum absolute atomic E-state index is 0.0738. The highest BCUT2D eigenvalue weighted by Crippen LogP contribution is 2.32. The number of hydrogen-bond acceptors (Lipinski definition) is 6. The van der Waals surface area contributed by atoms with E-state index in [2.05, 4.69) is 14.5 Å². The van der Waals surface area contributed by atoms with Crippen LogP contribution in [0.25, 0.3) is 37.4 Å². The van der Waals surface area contributed by atoms with Gasteiger partial charge in [-0.15, -0.1) is 11.3 Å². The number of anilines is 1. The van der Waals surface area contributed by atoms with Gasteiger partial charge in [-0.05, 0) is 54.8 Å². The van der Waals surface area contributed by atoms with Crippen molar-refractivity contribution < 1.29 is 23.1 Å². The highest BCUT2D eigenvalue weighted by Gasteiger charge is 2.38. The molecular formula is C26H21ClF3N5O3S. The van der Waals surface area contributed by atoms with Crippen molar-refractivity contribution in [3.8, 4) is 16.1 Å². The summed E-state index contributed by atoms with van der Waals surface area (Å²) in [6, 6.07) is 15.5. The molecule has 13 heteroatoms. The average molecular weight is 576 g/mol. The van der Waals surface area contributed by atoms with Gasteiger partial charge in [-0.1, -0.05) is 23.7 Å². The fraction of sp³-hybridized carbons (Fsp3) is 0.231. The molecule has 1 saturated heterocycles. The quantitative estimate of drug-likeness (QED) is 0.288. The summed E-state index contributed by atoms with van der Waals surface area (Å²) in [5.41, 5.74) is 4.36. The summed E-state index contributed by atoms with van der Waals surface area (Å²) < 4.78 is 36.1. The molecule has 3 aromatic heterocycles. The van der Waals surface area contributed by atoms with Crippen LogP contribution >= 0.6 is 22.9 Å². The maximum absolute atomic E-state index is 13.3. The predicted molar refractivity (Wildman–Crippen MR) is 145 cm³/mol. The van der Waals surface area contributed by atoms with Gasteiger partial charge < -0.3 is 14.6 Å². The van der Waals surface area contributed by atoms with Crippen LogP contribution in [0.1, 0.15) is 12.8 Å². The van der Waals surface area contributed by atoms with E-state index in [-0.39, 0.29) is 5.56 Å². The van der Waals surface area contributed by atoms with Crippen molar-refractivity contribution in [1.82, 2.24) is 19.1 Å². The lowest BCUT2D eigenvalue weighted by atomic mass is 10.2. The van der Waals surface area contributed by atoms with E-state index in [1.165, 1.54) is 24.2 Å². The van der Waals surface area contributed by atoms with Crippen molar-refractivity contribution in [3.63, 3.8) is 0 Å². The summed E-state index contributed by atoms with van der Waals surface area (Å²) in [6.45, 7) is 2.08. The minimum atomic E-state index is -5.08. The largest absolute Gasteiger partial charge is 0.490 e. The Labute approximate surface area is 228 Å². The molecule has 1 aliphatic heterocycles. The number of hydrogen-bond donors (Lipinski definition) is 1. The Balaban J connectivity index is 0.000000392. The standard InChI is InChI=1S/C24H20ClN5OS.C2HF3O2/c1-28-20-9-8-17(12-18(20)27-24(28)29-10-2-3-11-29)30-14-26-19-13-21(32-22(19)23(30)31)15-4-6-16(25)7-5-15;3-2(4,5)1(6)7/h4-9,12-14H,2-3,10-11H2,1H3;(H,6,7). The number of carboxylic acid groups (broad SMARTS) is 1. The topological polar surface area (TPSA) is 93.3 Å². The average Bonchev–Trinajstić information content (AvgIpc) is 3.64. The number of alkyl halides is 3. The maximum atomic E-state index is 13.3. The van der Waals surface area contributed by atoms with Crippen LogP contribution in [-0.4, -0.2) is 49.4 Å². The summed E-state index contributed by atoms with van der Waals surface area (Å²) >= 11 is 7.46. The number of aromatic nitrogens is 4. The van der Waals surface area contributed by atoms with Crippen LogP contribution in [0.2, 0.25) is 5.02 Å². The molecule has 6 rings (SSSR count). The Kier molecular flexibility index (Phi) is 7.08. The third-order valence-corrected chi connectivity index (χ3v) is 7.73. The normalized spacial score (nSPS) is 13.6. The molecular weight excluding hydrogens is 555 g/mol. The summed E-state index contributed by atoms with van der Waals surface area (Å²) in [5, 5.41) is 7.81. The van der Waals surface area contributed by atoms with Crippen molar-refractivity contribution in [2.24, 2.45) is 7.05 Å². The first-order chi connectivity index (χ1) is 18.5. The highest BCUT2D eigenvalue weighted by atomic mass is 35.5. The molecule has 5 aromatic rings. The zero-order valence-electron chi connectivity index (χ0n) is 20.4. The van der Waals surface area contributed by atoms with E-state index in [9.17, 15) is 18.0 Å². The van der Waals surface area contributed by atoms with E-state index < -0.39 is 12.1 Å². The third-order valence-electron chi connectivity index (χ3n) is 6.32. The number of imidazole rings is 1. The second kappa shape index (κ2) is 10.3. The van der Waals surface area contributed by atoms with Gasteiger partial charge >= 0.3 is 12.1 Å². The Hall–Kier alpha value is -3.90. The van der Waals surface area contributed by atoms with Gasteiger partial charge in [0, 0.05) is 30.0 Å². The molecule has 0 atom stereocenters. The number of aliphatic carboxylic acids is 1. The second-order valence-electron chi connectivity index (χ2n) is 8.89. The zero-order valence-corrected chi connectivity index (χ0v) is 22.0. The predicted octanol–water partition coefficient (Wildman–Crippen LogP) is 5.89. The molecule has 2 aromatic carbocycles. The van der Waals surface area contributed by atoms with Crippen LogP contribution < -0.4 is 10.5 Å². The second-order valence-corrected chi connectivity index (χ2v) is 10.4. The number of rotatable bonds is 3. The molecule has 202 valence electrons. The van der Waals surface area contributed by atoms with Gasteiger partial charge in [-0.2, -0.15) is 13.2 Å². The van der Waals surface area contributed by atoms with Crippen molar-refractivity contribution in [2.45, 2.75) is 19.0 Å². The number of aryl methyl sites for hydroxylation is 1. The van der Waals surface area contributed by atoms with E-state index in [4.69, 9.17) is 26.5 Å². The van der Waals surface area contributed by atoms with Crippen molar-refractivity contribution >= 4 is 56.1 Å². The molecule has 0 unspecified atom stereocenters. The van der Waals surface area contributed by atoms with Crippen LogP contribution in [0.15, 0.2) is 59.7 Å². The number of thiophene rings is 1. The first-order valence-corrected chi connectivity index (χ1v) is 13.0. The Bertz CT molecular complexity index is 1740. The van der Waals surface area contributed by atoms with Crippen molar-refractivity contribution in [1.29, 1.82) is 0 Å². The third kappa shape index (κ3) is 5.34. The van der Waals surface area contributed by atoms with Crippen molar-refractivity contribution in [3.05, 3.63) is 70.2 Å². The fourth-order valence-corrected chi connectivity index (χ4v) is 5.55. The van der Waals surface area contributed by atoms with Crippen LogP contribution in [0.3, 0.4) is 0 Å². The Morgan fingerprint density at radius 2 is 1.72 bits per heavy atom. The Morgan fingerprint density at radius 3 is 2.36 bits per heavy atom. The van der Waals surface area contributed by atoms with E-state index in [0.717, 1.165) is 46.2 Å². The number of carbonyl (C=O) groups is 1. The molecule has 39 heavy (non-hydrogen) atoms. The van der Waals surface area contributed by atoms with Gasteiger partial charge in [0.25, 0.3) is 5.56 Å². The number of carboxylic acids is 1. The molecule has 1 fully saturated rings. The van der Waals surface area contributed by atoms with Gasteiger partial charge in [0.15, 0.2) is 0 Å². The summed E-state index contributed by atoms with van der Waals surface area (Å²) in [6.07, 6.45) is -1.07. The number of benzene rings is 2. The van der Waals surface area contributed by atoms with Crippen LogP contribution in [0.5, 0.6) is 0 Å². The van der Waals surface area contributed by atoms with Gasteiger partial charge in [0.05, 0.1) is 22.2 Å². The van der Waals surface area contributed by atoms with E-state index in [1.807, 2.05) is 55.6 Å². The molecule has 0 aliphatic carbocycles. The Morgan fingerprint density at radius 1 is 1.05 bits per heavy atom. The number of fused-ring (bicyclic) bond motifs is 2. The summed E-state index contributed by atoms with van der Waals surface area (Å²) in [7, 11) is 2.05. The SMILES string of the molecule is Cn1c(N2CCCC2)nc2cc(-n3cnc4cc(-c5ccc(Cl)cc5)sc4c3=O)ccc21.O=C(O)C(F)(F)F. The molecule has 8 nitrogen and oxygen atoms in total. The molecule has 0 radical (unpaired) electrons. The highest BCUT2D eigenvalue weighted by molar-refractivity contribution is 7.22. The van der Waals surface area contributed by atoms with E-state index >= 15 is 0 Å². The van der Waals surface area contributed by atoms with Gasteiger partial charge in [-0.25, -0.2) is 14.8 Å². The fourth-order valence-electron chi connectivity index (χ4n) is 4.38.